The molecule has 0 atom stereocenters. The molecule has 0 aliphatic carbocycles. The van der Waals surface area contributed by atoms with Crippen molar-refractivity contribution in [2.24, 2.45) is 0 Å². The van der Waals surface area contributed by atoms with Gasteiger partial charge in [-0.15, -0.1) is 0 Å². The maximum atomic E-state index is 12.6. The van der Waals surface area contributed by atoms with Crippen molar-refractivity contribution in [1.82, 2.24) is 19.4 Å². The summed E-state index contributed by atoms with van der Waals surface area (Å²) in [4.78, 5) is 22.4. The first-order valence-electron chi connectivity index (χ1n) is 7.19. The van der Waals surface area contributed by atoms with Crippen molar-refractivity contribution in [1.29, 1.82) is 0 Å². The molecule has 0 saturated heterocycles. The first-order chi connectivity index (χ1) is 10.1. The molecular weight excluding hydrogens is 264 g/mol. The van der Waals surface area contributed by atoms with Crippen LogP contribution in [0.5, 0.6) is 0 Å². The van der Waals surface area contributed by atoms with Gasteiger partial charge < -0.3 is 9.88 Å². The maximum absolute atomic E-state index is 12.6. The number of rotatable bonds is 4. The zero-order valence-electron chi connectivity index (χ0n) is 12.7. The number of fused-ring (bicyclic) bond motifs is 3. The fourth-order valence-corrected chi connectivity index (χ4v) is 2.73. The lowest BCUT2D eigenvalue weighted by Crippen LogP contribution is -2.23. The fraction of sp³-hybridized carbons (Fsp3) is 0.375. The Labute approximate surface area is 123 Å². The number of aromatic nitrogens is 3. The molecule has 0 saturated carbocycles. The molecule has 5 nitrogen and oxygen atoms in total. The molecule has 1 aromatic carbocycles. The van der Waals surface area contributed by atoms with Gasteiger partial charge in [-0.25, -0.2) is 4.98 Å². The minimum atomic E-state index is 0.00866. The van der Waals surface area contributed by atoms with E-state index in [2.05, 4.69) is 14.9 Å². The number of benzene rings is 1. The van der Waals surface area contributed by atoms with Crippen LogP contribution in [0.1, 0.15) is 12.0 Å². The van der Waals surface area contributed by atoms with Crippen LogP contribution in [0.2, 0.25) is 0 Å². The second-order valence-corrected chi connectivity index (χ2v) is 5.75. The molecule has 0 aliphatic rings. The largest absolute Gasteiger partial charge is 0.349 e. The second kappa shape index (κ2) is 5.33. The van der Waals surface area contributed by atoms with Crippen LogP contribution in [-0.4, -0.2) is 40.1 Å². The summed E-state index contributed by atoms with van der Waals surface area (Å²) < 4.78 is 1.69. The number of hydrogen-bond donors (Lipinski definition) is 1. The molecule has 1 N–H and O–H groups in total. The minimum Gasteiger partial charge on any atom is -0.349 e. The predicted molar refractivity (Wildman–Crippen MR) is 85.8 cm³/mol. The predicted octanol–water partition coefficient (Wildman–Crippen LogP) is 2.14. The Morgan fingerprint density at radius 3 is 2.90 bits per heavy atom. The van der Waals surface area contributed by atoms with Crippen molar-refractivity contribution in [2.45, 2.75) is 19.9 Å². The number of aryl methyl sites for hydroxylation is 2. The molecule has 0 fully saturated rings. The van der Waals surface area contributed by atoms with E-state index in [0.717, 1.165) is 34.9 Å². The highest BCUT2D eigenvalue weighted by molar-refractivity contribution is 6.06. The standard InChI is InChI=1S/C16H20N4O/c1-11-6-4-7-12-13(11)14-15(18-12)16(21)20(10-17-14)9-5-8-19(2)3/h4,6-7,10,18H,5,8-9H2,1-3H3. The maximum Gasteiger partial charge on any atom is 0.277 e. The zero-order valence-corrected chi connectivity index (χ0v) is 12.7. The molecule has 2 aromatic heterocycles. The van der Waals surface area contributed by atoms with Crippen molar-refractivity contribution >= 4 is 21.9 Å². The molecule has 0 aliphatic heterocycles. The molecule has 110 valence electrons. The monoisotopic (exact) mass is 284 g/mol. The van der Waals surface area contributed by atoms with E-state index in [1.165, 1.54) is 0 Å². The lowest BCUT2D eigenvalue weighted by atomic mass is 10.1. The number of aromatic amines is 1. The van der Waals surface area contributed by atoms with E-state index >= 15 is 0 Å². The van der Waals surface area contributed by atoms with Crippen molar-refractivity contribution < 1.29 is 0 Å². The van der Waals surface area contributed by atoms with Crippen LogP contribution in [0.3, 0.4) is 0 Å². The van der Waals surface area contributed by atoms with Crippen molar-refractivity contribution in [3.8, 4) is 0 Å². The Kier molecular flexibility index (Phi) is 3.51. The zero-order chi connectivity index (χ0) is 15.0. The molecule has 0 spiro atoms. The van der Waals surface area contributed by atoms with E-state index in [1.807, 2.05) is 39.2 Å². The van der Waals surface area contributed by atoms with E-state index in [-0.39, 0.29) is 5.56 Å². The SMILES string of the molecule is Cc1cccc2[nH]c3c(=O)n(CCCN(C)C)cnc3c12. The van der Waals surface area contributed by atoms with Gasteiger partial charge in [-0.2, -0.15) is 0 Å². The number of H-pyrrole nitrogens is 1. The van der Waals surface area contributed by atoms with Gasteiger partial charge >= 0.3 is 0 Å². The first kappa shape index (κ1) is 13.8. The van der Waals surface area contributed by atoms with E-state index in [9.17, 15) is 4.79 Å². The van der Waals surface area contributed by atoms with Gasteiger partial charge in [0.05, 0.1) is 6.33 Å². The summed E-state index contributed by atoms with van der Waals surface area (Å²) in [6, 6.07) is 6.02. The lowest BCUT2D eigenvalue weighted by molar-refractivity contribution is 0.384. The third-order valence-electron chi connectivity index (χ3n) is 3.81. The third-order valence-corrected chi connectivity index (χ3v) is 3.81. The summed E-state index contributed by atoms with van der Waals surface area (Å²) in [5.74, 6) is 0. The summed E-state index contributed by atoms with van der Waals surface area (Å²) in [7, 11) is 4.06. The summed E-state index contributed by atoms with van der Waals surface area (Å²) >= 11 is 0. The molecule has 0 amide bonds. The average Bonchev–Trinajstić information content (AvgIpc) is 2.82. The molecule has 3 rings (SSSR count). The van der Waals surface area contributed by atoms with Crippen molar-refractivity contribution in [2.75, 3.05) is 20.6 Å². The normalized spacial score (nSPS) is 11.8. The van der Waals surface area contributed by atoms with Crippen molar-refractivity contribution in [3.63, 3.8) is 0 Å². The highest BCUT2D eigenvalue weighted by atomic mass is 16.1. The number of nitrogens with zero attached hydrogens (tertiary/aromatic N) is 3. The molecular formula is C16H20N4O. The molecule has 2 heterocycles. The van der Waals surface area contributed by atoms with Crippen LogP contribution in [0.4, 0.5) is 0 Å². The Morgan fingerprint density at radius 1 is 1.33 bits per heavy atom. The highest BCUT2D eigenvalue weighted by Gasteiger charge is 2.12. The first-order valence-corrected chi connectivity index (χ1v) is 7.19. The molecule has 0 radical (unpaired) electrons. The number of nitrogens with one attached hydrogen (secondary N) is 1. The molecule has 5 heteroatoms. The summed E-state index contributed by atoms with van der Waals surface area (Å²) in [5.41, 5.74) is 3.50. The Hall–Kier alpha value is -2.14. The lowest BCUT2D eigenvalue weighted by Gasteiger charge is -2.10. The van der Waals surface area contributed by atoms with Gasteiger partial charge in [0.15, 0.2) is 0 Å². The molecule has 0 unspecified atom stereocenters. The van der Waals surface area contributed by atoms with Gasteiger partial charge in [0, 0.05) is 17.4 Å². The van der Waals surface area contributed by atoms with Crippen LogP contribution < -0.4 is 5.56 Å². The number of hydrogen-bond acceptors (Lipinski definition) is 3. The van der Waals surface area contributed by atoms with Crippen LogP contribution in [-0.2, 0) is 6.54 Å². The Balaban J connectivity index is 2.07. The molecule has 3 aromatic rings. The van der Waals surface area contributed by atoms with E-state index in [1.54, 1.807) is 10.9 Å². The van der Waals surface area contributed by atoms with E-state index in [0.29, 0.717) is 12.1 Å². The Morgan fingerprint density at radius 2 is 2.14 bits per heavy atom. The average molecular weight is 284 g/mol. The van der Waals surface area contributed by atoms with Crippen LogP contribution in [0.25, 0.3) is 21.9 Å². The Bertz CT molecular complexity index is 844. The van der Waals surface area contributed by atoms with Crippen LogP contribution >= 0.6 is 0 Å². The molecule has 21 heavy (non-hydrogen) atoms. The fourth-order valence-electron chi connectivity index (χ4n) is 2.73. The van der Waals surface area contributed by atoms with Crippen LogP contribution in [0.15, 0.2) is 29.3 Å². The van der Waals surface area contributed by atoms with Gasteiger partial charge in [0.25, 0.3) is 5.56 Å². The van der Waals surface area contributed by atoms with Gasteiger partial charge in [-0.1, -0.05) is 12.1 Å². The minimum absolute atomic E-state index is 0.00866. The van der Waals surface area contributed by atoms with Crippen molar-refractivity contribution in [3.05, 3.63) is 40.4 Å². The van der Waals surface area contributed by atoms with Gasteiger partial charge in [-0.05, 0) is 45.6 Å². The summed E-state index contributed by atoms with van der Waals surface area (Å²) in [6.07, 6.45) is 2.60. The van der Waals surface area contributed by atoms with Gasteiger partial charge in [0.1, 0.15) is 11.0 Å². The summed E-state index contributed by atoms with van der Waals surface area (Å²) in [5, 5.41) is 1.05. The summed E-state index contributed by atoms with van der Waals surface area (Å²) in [6.45, 7) is 3.69. The second-order valence-electron chi connectivity index (χ2n) is 5.75. The van der Waals surface area contributed by atoms with Crippen LogP contribution in [0, 0.1) is 6.92 Å². The highest BCUT2D eigenvalue weighted by Crippen LogP contribution is 2.24. The van der Waals surface area contributed by atoms with Gasteiger partial charge in [-0.3, -0.25) is 9.36 Å². The topological polar surface area (TPSA) is 53.9 Å². The van der Waals surface area contributed by atoms with Gasteiger partial charge in [0.2, 0.25) is 0 Å². The quantitative estimate of drug-likeness (QED) is 0.798. The third kappa shape index (κ3) is 2.45. The molecule has 0 bridgehead atoms. The van der Waals surface area contributed by atoms with E-state index < -0.39 is 0 Å². The van der Waals surface area contributed by atoms with E-state index in [4.69, 9.17) is 0 Å². The smallest absolute Gasteiger partial charge is 0.277 e.